The van der Waals surface area contributed by atoms with Gasteiger partial charge < -0.3 is 19.7 Å². The minimum absolute atomic E-state index is 0.0220. The lowest BCUT2D eigenvalue weighted by Crippen LogP contribution is -2.51. The van der Waals surface area contributed by atoms with E-state index in [-0.39, 0.29) is 35.5 Å². The predicted octanol–water partition coefficient (Wildman–Crippen LogP) is 1.66. The Labute approximate surface area is 178 Å². The molecule has 0 spiro atoms. The number of piperidine rings is 1. The first-order valence-electron chi connectivity index (χ1n) is 11.2. The molecule has 0 aromatic rings. The Morgan fingerprint density at radius 2 is 1.73 bits per heavy atom. The van der Waals surface area contributed by atoms with E-state index in [1.807, 2.05) is 13.8 Å². The third kappa shape index (κ3) is 4.18. The fraction of sp³-hybridized carbons (Fsp3) is 0.818. The highest BCUT2D eigenvalue weighted by molar-refractivity contribution is 6.05. The van der Waals surface area contributed by atoms with Gasteiger partial charge in [0.05, 0.1) is 13.0 Å². The number of nitrogens with zero attached hydrogens (tertiary/aromatic N) is 1. The fourth-order valence-electron chi connectivity index (χ4n) is 5.19. The summed E-state index contributed by atoms with van der Waals surface area (Å²) in [5.41, 5.74) is -1.16. The third-order valence-corrected chi connectivity index (χ3v) is 7.05. The Morgan fingerprint density at radius 1 is 1.10 bits per heavy atom. The first-order valence-corrected chi connectivity index (χ1v) is 11.2. The number of carbonyl (C=O) groups is 4. The molecule has 2 saturated heterocycles. The Balaban J connectivity index is 1.70. The van der Waals surface area contributed by atoms with Gasteiger partial charge in [-0.2, -0.15) is 0 Å². The summed E-state index contributed by atoms with van der Waals surface area (Å²) in [6, 6.07) is 0. The molecule has 0 aromatic carbocycles. The van der Waals surface area contributed by atoms with E-state index in [0.717, 1.165) is 25.7 Å². The molecule has 2 atom stereocenters. The second-order valence-corrected chi connectivity index (χ2v) is 9.15. The zero-order chi connectivity index (χ0) is 21.9. The van der Waals surface area contributed by atoms with Gasteiger partial charge in [-0.1, -0.05) is 26.7 Å². The number of rotatable bonds is 6. The van der Waals surface area contributed by atoms with Crippen molar-refractivity contribution in [3.05, 3.63) is 0 Å². The van der Waals surface area contributed by atoms with Crippen molar-refractivity contribution in [2.45, 2.75) is 64.9 Å². The standard InChI is InChI=1S/C22H34N2O6/c1-14(2)17(18(25)24-12-8-15(9-13-24)19(26)29-3)30-21(28)22(10-11-23-20(22)27)16-6-4-5-7-16/h14-17H,4-13H2,1-3H3,(H,23,27). The molecule has 8 heteroatoms. The number of ether oxygens (including phenoxy) is 2. The molecule has 2 unspecified atom stereocenters. The third-order valence-electron chi connectivity index (χ3n) is 7.05. The van der Waals surface area contributed by atoms with Crippen LogP contribution in [0.25, 0.3) is 0 Å². The number of likely N-dealkylation sites (tertiary alicyclic amines) is 1. The summed E-state index contributed by atoms with van der Waals surface area (Å²) in [5.74, 6) is -1.75. The van der Waals surface area contributed by atoms with E-state index in [2.05, 4.69) is 5.32 Å². The van der Waals surface area contributed by atoms with Gasteiger partial charge in [0.2, 0.25) is 5.91 Å². The minimum atomic E-state index is -1.16. The number of amides is 2. The fourth-order valence-corrected chi connectivity index (χ4v) is 5.19. The maximum atomic E-state index is 13.3. The van der Waals surface area contributed by atoms with E-state index in [4.69, 9.17) is 9.47 Å². The van der Waals surface area contributed by atoms with E-state index in [1.54, 1.807) is 4.90 Å². The molecule has 3 rings (SSSR count). The van der Waals surface area contributed by atoms with Crippen LogP contribution in [0, 0.1) is 23.2 Å². The van der Waals surface area contributed by atoms with Crippen LogP contribution in [0.15, 0.2) is 0 Å². The first kappa shape index (κ1) is 22.6. The lowest BCUT2D eigenvalue weighted by Gasteiger charge is -2.36. The Kier molecular flexibility index (Phi) is 7.03. The van der Waals surface area contributed by atoms with Crippen molar-refractivity contribution < 1.29 is 28.7 Å². The Bertz CT molecular complexity index is 679. The topological polar surface area (TPSA) is 102 Å². The average Bonchev–Trinajstić information content (AvgIpc) is 3.41. The van der Waals surface area contributed by atoms with Crippen molar-refractivity contribution in [3.63, 3.8) is 0 Å². The highest BCUT2D eigenvalue weighted by Gasteiger charge is 2.57. The molecule has 8 nitrogen and oxygen atoms in total. The molecule has 2 aliphatic heterocycles. The van der Waals surface area contributed by atoms with E-state index in [0.29, 0.717) is 38.9 Å². The molecule has 2 heterocycles. The Hall–Kier alpha value is -2.12. The van der Waals surface area contributed by atoms with Gasteiger partial charge in [0.1, 0.15) is 0 Å². The van der Waals surface area contributed by atoms with Crippen molar-refractivity contribution in [2.24, 2.45) is 23.2 Å². The SMILES string of the molecule is COC(=O)C1CCN(C(=O)C(OC(=O)C2(C3CCCC3)CCNC2=O)C(C)C)CC1. The van der Waals surface area contributed by atoms with E-state index in [1.165, 1.54) is 7.11 Å². The van der Waals surface area contributed by atoms with Gasteiger partial charge in [0.25, 0.3) is 5.91 Å². The lowest BCUT2D eigenvalue weighted by molar-refractivity contribution is -0.177. The molecule has 1 N–H and O–H groups in total. The highest BCUT2D eigenvalue weighted by atomic mass is 16.6. The van der Waals surface area contributed by atoms with Gasteiger partial charge in [-0.25, -0.2) is 0 Å². The molecule has 30 heavy (non-hydrogen) atoms. The maximum Gasteiger partial charge on any atom is 0.322 e. The van der Waals surface area contributed by atoms with E-state index >= 15 is 0 Å². The molecular weight excluding hydrogens is 388 g/mol. The number of methoxy groups -OCH3 is 1. The molecule has 2 amide bonds. The van der Waals surface area contributed by atoms with Crippen LogP contribution in [-0.4, -0.2) is 61.5 Å². The number of esters is 2. The maximum absolute atomic E-state index is 13.3. The molecule has 0 bridgehead atoms. The van der Waals surface area contributed by atoms with Gasteiger partial charge in [-0.05, 0) is 43.9 Å². The van der Waals surface area contributed by atoms with Gasteiger partial charge in [-0.15, -0.1) is 0 Å². The summed E-state index contributed by atoms with van der Waals surface area (Å²) in [7, 11) is 1.37. The zero-order valence-corrected chi connectivity index (χ0v) is 18.3. The summed E-state index contributed by atoms with van der Waals surface area (Å²) >= 11 is 0. The molecule has 1 aliphatic carbocycles. The van der Waals surface area contributed by atoms with Crippen LogP contribution >= 0.6 is 0 Å². The Morgan fingerprint density at radius 3 is 2.23 bits per heavy atom. The number of nitrogens with one attached hydrogen (secondary N) is 1. The number of hydrogen-bond donors (Lipinski definition) is 1. The number of hydrogen-bond acceptors (Lipinski definition) is 6. The molecule has 168 valence electrons. The van der Waals surface area contributed by atoms with Crippen molar-refractivity contribution in [1.29, 1.82) is 0 Å². The monoisotopic (exact) mass is 422 g/mol. The predicted molar refractivity (Wildman–Crippen MR) is 108 cm³/mol. The van der Waals surface area contributed by atoms with Crippen molar-refractivity contribution in [1.82, 2.24) is 10.2 Å². The second kappa shape index (κ2) is 9.35. The van der Waals surface area contributed by atoms with Crippen molar-refractivity contribution in [3.8, 4) is 0 Å². The molecule has 3 aliphatic rings. The van der Waals surface area contributed by atoms with Gasteiger partial charge in [-0.3, -0.25) is 19.2 Å². The summed E-state index contributed by atoms with van der Waals surface area (Å²) < 4.78 is 10.6. The summed E-state index contributed by atoms with van der Waals surface area (Å²) in [6.07, 6.45) is 4.26. The molecule has 3 fully saturated rings. The van der Waals surface area contributed by atoms with Crippen LogP contribution in [0.5, 0.6) is 0 Å². The van der Waals surface area contributed by atoms with Crippen LogP contribution in [-0.2, 0) is 28.7 Å². The number of carbonyl (C=O) groups excluding carboxylic acids is 4. The van der Waals surface area contributed by atoms with Gasteiger partial charge in [0.15, 0.2) is 11.5 Å². The summed E-state index contributed by atoms with van der Waals surface area (Å²) in [5, 5.41) is 2.81. The summed E-state index contributed by atoms with van der Waals surface area (Å²) in [4.78, 5) is 52.6. The van der Waals surface area contributed by atoms with Crippen LogP contribution in [0.3, 0.4) is 0 Å². The van der Waals surface area contributed by atoms with E-state index in [9.17, 15) is 19.2 Å². The van der Waals surface area contributed by atoms with Crippen LogP contribution < -0.4 is 5.32 Å². The van der Waals surface area contributed by atoms with Gasteiger partial charge >= 0.3 is 11.9 Å². The second-order valence-electron chi connectivity index (χ2n) is 9.15. The van der Waals surface area contributed by atoms with Crippen LogP contribution in [0.4, 0.5) is 0 Å². The smallest absolute Gasteiger partial charge is 0.322 e. The molecule has 0 radical (unpaired) electrons. The quantitative estimate of drug-likeness (QED) is 0.516. The van der Waals surface area contributed by atoms with Crippen LogP contribution in [0.1, 0.15) is 58.8 Å². The highest BCUT2D eigenvalue weighted by Crippen LogP contribution is 2.46. The first-order chi connectivity index (χ1) is 14.3. The average molecular weight is 423 g/mol. The largest absolute Gasteiger partial charge is 0.469 e. The molecule has 1 saturated carbocycles. The zero-order valence-electron chi connectivity index (χ0n) is 18.3. The van der Waals surface area contributed by atoms with Gasteiger partial charge in [0, 0.05) is 19.6 Å². The summed E-state index contributed by atoms with van der Waals surface area (Å²) in [6.45, 7) is 5.00. The molecular formula is C22H34N2O6. The normalized spacial score (nSPS) is 26.5. The van der Waals surface area contributed by atoms with E-state index < -0.39 is 17.5 Å². The van der Waals surface area contributed by atoms with Crippen LogP contribution in [0.2, 0.25) is 0 Å². The minimum Gasteiger partial charge on any atom is -0.469 e. The van der Waals surface area contributed by atoms with Crippen molar-refractivity contribution >= 4 is 23.8 Å². The molecule has 0 aromatic heterocycles. The lowest BCUT2D eigenvalue weighted by atomic mass is 9.73. The van der Waals surface area contributed by atoms with Crippen molar-refractivity contribution in [2.75, 3.05) is 26.7 Å².